The monoisotopic (exact) mass is 275 g/mol. The van der Waals surface area contributed by atoms with Crippen LogP contribution in [0.15, 0.2) is 0 Å². The minimum absolute atomic E-state index is 0. The minimum Gasteiger partial charge on any atom is -0.338 e. The maximum absolute atomic E-state index is 11.6. The van der Waals surface area contributed by atoms with Crippen molar-refractivity contribution in [3.05, 3.63) is 0 Å². The minimum atomic E-state index is -0.0660. The standard InChI is InChI=1S/C14H29NO.3CH4/c1-11(13(3,4)5)9-10-15(12(2)16)14(6,7)8;;;/h11H,9-10H2,1-8H3;3*1H4. The predicted octanol–water partition coefficient (Wildman–Crippen LogP) is 5.61. The van der Waals surface area contributed by atoms with E-state index in [0.29, 0.717) is 11.3 Å². The number of amides is 1. The number of nitrogens with zero attached hydrogens (tertiary/aromatic N) is 1. The van der Waals surface area contributed by atoms with E-state index in [1.165, 1.54) is 0 Å². The quantitative estimate of drug-likeness (QED) is 0.655. The Kier molecular flexibility index (Phi) is 13.3. The Hall–Kier alpha value is -0.530. The van der Waals surface area contributed by atoms with Gasteiger partial charge in [-0.05, 0) is 38.5 Å². The van der Waals surface area contributed by atoms with Gasteiger partial charge in [0.25, 0.3) is 0 Å². The van der Waals surface area contributed by atoms with Crippen LogP contribution in [0.5, 0.6) is 0 Å². The molecule has 19 heavy (non-hydrogen) atoms. The molecule has 0 heterocycles. The van der Waals surface area contributed by atoms with Crippen molar-refractivity contribution in [2.75, 3.05) is 6.54 Å². The fourth-order valence-corrected chi connectivity index (χ4v) is 1.72. The molecule has 0 N–H and O–H groups in total. The van der Waals surface area contributed by atoms with Gasteiger partial charge in [0.1, 0.15) is 0 Å². The molecule has 0 bridgehead atoms. The summed E-state index contributed by atoms with van der Waals surface area (Å²) in [4.78, 5) is 13.5. The predicted molar refractivity (Wildman–Crippen MR) is 90.6 cm³/mol. The first-order valence-corrected chi connectivity index (χ1v) is 6.24. The van der Waals surface area contributed by atoms with Crippen molar-refractivity contribution in [2.24, 2.45) is 11.3 Å². The van der Waals surface area contributed by atoms with E-state index in [4.69, 9.17) is 0 Å². The van der Waals surface area contributed by atoms with Gasteiger partial charge in [0.15, 0.2) is 0 Å². The van der Waals surface area contributed by atoms with Gasteiger partial charge in [0, 0.05) is 19.0 Å². The van der Waals surface area contributed by atoms with Crippen LogP contribution in [0.1, 0.15) is 84.1 Å². The summed E-state index contributed by atoms with van der Waals surface area (Å²) in [6.07, 6.45) is 1.07. The topological polar surface area (TPSA) is 20.3 Å². The summed E-state index contributed by atoms with van der Waals surface area (Å²) in [6, 6.07) is 0. The van der Waals surface area contributed by atoms with Crippen LogP contribution < -0.4 is 0 Å². The summed E-state index contributed by atoms with van der Waals surface area (Å²) in [7, 11) is 0. The lowest BCUT2D eigenvalue weighted by molar-refractivity contribution is -0.133. The summed E-state index contributed by atoms with van der Waals surface area (Å²) >= 11 is 0. The summed E-state index contributed by atoms with van der Waals surface area (Å²) < 4.78 is 0. The molecule has 0 fully saturated rings. The van der Waals surface area contributed by atoms with Crippen LogP contribution in [0.2, 0.25) is 0 Å². The van der Waals surface area contributed by atoms with Gasteiger partial charge in [-0.2, -0.15) is 0 Å². The first kappa shape index (κ1) is 26.9. The number of hydrogen-bond acceptors (Lipinski definition) is 1. The van der Waals surface area contributed by atoms with E-state index in [1.807, 2.05) is 4.90 Å². The third-order valence-corrected chi connectivity index (χ3v) is 3.45. The van der Waals surface area contributed by atoms with E-state index in [1.54, 1.807) is 6.92 Å². The first-order chi connectivity index (χ1) is 6.96. The Morgan fingerprint density at radius 2 is 1.37 bits per heavy atom. The van der Waals surface area contributed by atoms with E-state index in [0.717, 1.165) is 13.0 Å². The van der Waals surface area contributed by atoms with Gasteiger partial charge in [-0.25, -0.2) is 0 Å². The van der Waals surface area contributed by atoms with Crippen LogP contribution in [0.4, 0.5) is 0 Å². The average Bonchev–Trinajstić information content (AvgIpc) is 1.98. The number of hydrogen-bond donors (Lipinski definition) is 0. The molecule has 0 saturated heterocycles. The molecule has 0 saturated carbocycles. The summed E-state index contributed by atoms with van der Waals surface area (Å²) in [6.45, 7) is 17.8. The molecule has 0 rings (SSSR count). The molecular weight excluding hydrogens is 234 g/mol. The molecule has 120 valence electrons. The zero-order chi connectivity index (χ0) is 13.1. The highest BCUT2D eigenvalue weighted by Crippen LogP contribution is 2.29. The smallest absolute Gasteiger partial charge is 0.219 e. The second kappa shape index (κ2) is 9.39. The van der Waals surface area contributed by atoms with Crippen molar-refractivity contribution in [2.45, 2.75) is 89.6 Å². The Balaban J connectivity index is -0.000000375. The molecule has 0 aromatic heterocycles. The Morgan fingerprint density at radius 1 is 1.00 bits per heavy atom. The summed E-state index contributed by atoms with van der Waals surface area (Å²) in [5, 5.41) is 0. The normalized spacial score (nSPS) is 12.4. The second-order valence-corrected chi connectivity index (χ2v) is 6.90. The van der Waals surface area contributed by atoms with Crippen LogP contribution >= 0.6 is 0 Å². The lowest BCUT2D eigenvalue weighted by Gasteiger charge is -2.37. The molecule has 0 aliphatic heterocycles. The third kappa shape index (κ3) is 9.98. The molecule has 0 aliphatic rings. The lowest BCUT2D eigenvalue weighted by Crippen LogP contribution is -2.45. The highest BCUT2D eigenvalue weighted by Gasteiger charge is 2.26. The molecular formula is C17H41NO. The lowest BCUT2D eigenvalue weighted by atomic mass is 9.80. The van der Waals surface area contributed by atoms with Crippen molar-refractivity contribution < 1.29 is 4.79 Å². The van der Waals surface area contributed by atoms with E-state index in [2.05, 4.69) is 48.5 Å². The fraction of sp³-hybridized carbons (Fsp3) is 0.941. The highest BCUT2D eigenvalue weighted by atomic mass is 16.2. The molecule has 1 amide bonds. The molecule has 0 aromatic rings. The second-order valence-electron chi connectivity index (χ2n) is 6.90. The van der Waals surface area contributed by atoms with Gasteiger partial charge >= 0.3 is 0 Å². The highest BCUT2D eigenvalue weighted by molar-refractivity contribution is 5.74. The molecule has 2 nitrogen and oxygen atoms in total. The molecule has 0 spiro atoms. The summed E-state index contributed by atoms with van der Waals surface area (Å²) in [5.41, 5.74) is 0.254. The van der Waals surface area contributed by atoms with Crippen molar-refractivity contribution in [3.8, 4) is 0 Å². The zero-order valence-corrected chi connectivity index (χ0v) is 12.3. The molecule has 2 heteroatoms. The maximum atomic E-state index is 11.6. The van der Waals surface area contributed by atoms with Crippen LogP contribution in [-0.4, -0.2) is 22.9 Å². The molecule has 0 radical (unpaired) electrons. The first-order valence-electron chi connectivity index (χ1n) is 6.24. The zero-order valence-electron chi connectivity index (χ0n) is 12.3. The Morgan fingerprint density at radius 3 is 1.58 bits per heavy atom. The van der Waals surface area contributed by atoms with E-state index >= 15 is 0 Å². The Bertz CT molecular complexity index is 233. The maximum Gasteiger partial charge on any atom is 0.219 e. The summed E-state index contributed by atoms with van der Waals surface area (Å²) in [5.74, 6) is 0.797. The molecule has 1 unspecified atom stereocenters. The van der Waals surface area contributed by atoms with Gasteiger partial charge in [0.05, 0.1) is 0 Å². The average molecular weight is 276 g/mol. The largest absolute Gasteiger partial charge is 0.338 e. The van der Waals surface area contributed by atoms with Gasteiger partial charge in [-0.1, -0.05) is 50.0 Å². The van der Waals surface area contributed by atoms with Crippen molar-refractivity contribution in [3.63, 3.8) is 0 Å². The SMILES string of the molecule is C.C.C.CC(=O)N(CCC(C)C(C)(C)C)C(C)(C)C. The molecule has 1 atom stereocenters. The van der Waals surface area contributed by atoms with Gasteiger partial charge in [-0.3, -0.25) is 4.79 Å². The van der Waals surface area contributed by atoms with E-state index < -0.39 is 0 Å². The Labute approximate surface area is 124 Å². The molecule has 0 aromatic carbocycles. The van der Waals surface area contributed by atoms with E-state index in [-0.39, 0.29) is 33.7 Å². The van der Waals surface area contributed by atoms with Crippen LogP contribution in [-0.2, 0) is 4.79 Å². The number of rotatable bonds is 3. The van der Waals surface area contributed by atoms with Gasteiger partial charge < -0.3 is 4.90 Å². The van der Waals surface area contributed by atoms with E-state index in [9.17, 15) is 4.79 Å². The van der Waals surface area contributed by atoms with Crippen LogP contribution in [0, 0.1) is 11.3 Å². The number of carbonyl (C=O) groups is 1. The van der Waals surface area contributed by atoms with Crippen LogP contribution in [0.3, 0.4) is 0 Å². The van der Waals surface area contributed by atoms with Crippen molar-refractivity contribution >= 4 is 5.91 Å². The van der Waals surface area contributed by atoms with Crippen molar-refractivity contribution in [1.82, 2.24) is 4.90 Å². The van der Waals surface area contributed by atoms with Crippen LogP contribution in [0.25, 0.3) is 0 Å². The fourth-order valence-electron chi connectivity index (χ4n) is 1.72. The number of carbonyl (C=O) groups excluding carboxylic acids is 1. The molecule has 0 aliphatic carbocycles. The van der Waals surface area contributed by atoms with Gasteiger partial charge in [0.2, 0.25) is 5.91 Å². The third-order valence-electron chi connectivity index (χ3n) is 3.45. The van der Waals surface area contributed by atoms with Gasteiger partial charge in [-0.15, -0.1) is 0 Å². The van der Waals surface area contributed by atoms with Crippen molar-refractivity contribution in [1.29, 1.82) is 0 Å².